The van der Waals surface area contributed by atoms with Gasteiger partial charge in [0.15, 0.2) is 0 Å². The number of para-hydroxylation sites is 1. The van der Waals surface area contributed by atoms with Crippen molar-refractivity contribution in [3.05, 3.63) is 249 Å². The summed E-state index contributed by atoms with van der Waals surface area (Å²) in [5, 5.41) is 13.8. The maximum Gasteiger partial charge on any atom is 0.0645 e. The topological polar surface area (TPSA) is 3.24 Å². The maximum atomic E-state index is 10.1. The molecule has 13 aromatic carbocycles. The van der Waals surface area contributed by atoms with Crippen molar-refractivity contribution in [2.45, 2.75) is 0 Å². The van der Waals surface area contributed by atoms with Crippen LogP contribution in [-0.2, 0) is 0 Å². The van der Waals surface area contributed by atoms with Gasteiger partial charge >= 0.3 is 0 Å². The highest BCUT2D eigenvalue weighted by atomic mass is 15.1. The van der Waals surface area contributed by atoms with Crippen LogP contribution in [0.25, 0.3) is 109 Å². The molecule has 0 fully saturated rings. The molecule has 0 saturated carbocycles. The molecule has 0 spiro atoms. The molecular weight excluding hydrogens is 783 g/mol. The summed E-state index contributed by atoms with van der Waals surface area (Å²) in [7, 11) is 0. The molecule has 0 aromatic heterocycles. The molecule has 13 aromatic rings. The van der Waals surface area contributed by atoms with E-state index in [1.54, 1.807) is 6.07 Å². The van der Waals surface area contributed by atoms with E-state index in [1.807, 2.05) is 140 Å². The molecule has 0 amide bonds. The van der Waals surface area contributed by atoms with Crippen LogP contribution in [0, 0.1) is 0 Å². The number of fused-ring (bicyclic) bond motifs is 12. The van der Waals surface area contributed by atoms with E-state index in [0.29, 0.717) is 16.8 Å². The highest BCUT2D eigenvalue weighted by Crippen LogP contribution is 2.46. The van der Waals surface area contributed by atoms with E-state index in [1.165, 1.54) is 4.90 Å². The normalized spacial score (nSPS) is 13.4. The summed E-state index contributed by atoms with van der Waals surface area (Å²) in [6, 6.07) is 63.0. The van der Waals surface area contributed by atoms with Crippen molar-refractivity contribution in [3.8, 4) is 33.4 Å². The minimum atomic E-state index is -0.502. The van der Waals surface area contributed by atoms with Crippen LogP contribution in [0.2, 0.25) is 0 Å². The average Bonchev–Trinajstić information content (AvgIpc) is 3.44. The largest absolute Gasteiger partial charge is 0.310 e. The van der Waals surface area contributed by atoms with E-state index < -0.39 is 18.1 Å². The second-order valence-electron chi connectivity index (χ2n) is 16.6. The van der Waals surface area contributed by atoms with Crippen LogP contribution in [0.3, 0.4) is 0 Å². The summed E-state index contributed by atoms with van der Waals surface area (Å²) in [6.45, 7) is 0. The Morgan fingerprint density at radius 3 is 1.35 bits per heavy atom. The van der Waals surface area contributed by atoms with Gasteiger partial charge in [-0.25, -0.2) is 0 Å². The van der Waals surface area contributed by atoms with Crippen molar-refractivity contribution >= 4 is 92.5 Å². The molecule has 0 saturated heterocycles. The van der Waals surface area contributed by atoms with Gasteiger partial charge in [-0.15, -0.1) is 0 Å². The minimum absolute atomic E-state index is 0.00967. The van der Waals surface area contributed by atoms with Gasteiger partial charge in [0.2, 0.25) is 0 Å². The molecule has 302 valence electrons. The Balaban J connectivity index is 1.12. The molecule has 0 aliphatic heterocycles. The van der Waals surface area contributed by atoms with Crippen LogP contribution in [0.4, 0.5) is 17.1 Å². The van der Waals surface area contributed by atoms with Crippen LogP contribution >= 0.6 is 0 Å². The van der Waals surface area contributed by atoms with Gasteiger partial charge in [-0.2, -0.15) is 0 Å². The fourth-order valence-electron chi connectivity index (χ4n) is 10.0. The van der Waals surface area contributed by atoms with Crippen LogP contribution in [-0.4, -0.2) is 0 Å². The Kier molecular flexibility index (Phi) is 6.90. The molecule has 0 aliphatic carbocycles. The number of hydrogen-bond donors (Lipinski definition) is 0. The van der Waals surface area contributed by atoms with E-state index in [4.69, 9.17) is 1.37 Å². The molecule has 65 heavy (non-hydrogen) atoms. The summed E-state index contributed by atoms with van der Waals surface area (Å²) in [5.41, 5.74) is 3.22. The van der Waals surface area contributed by atoms with Gasteiger partial charge < -0.3 is 4.90 Å². The van der Waals surface area contributed by atoms with E-state index in [-0.39, 0.29) is 52.7 Å². The third-order valence-electron chi connectivity index (χ3n) is 13.0. The van der Waals surface area contributed by atoms with Crippen molar-refractivity contribution in [2.24, 2.45) is 0 Å². The van der Waals surface area contributed by atoms with Gasteiger partial charge in [0.05, 0.1) is 16.7 Å². The van der Waals surface area contributed by atoms with Crippen molar-refractivity contribution in [1.82, 2.24) is 0 Å². The molecule has 0 heterocycles. The lowest BCUT2D eigenvalue weighted by Gasteiger charge is -2.29. The summed E-state index contributed by atoms with van der Waals surface area (Å²) < 4.78 is 78.1. The molecule has 0 aliphatic rings. The first kappa shape index (κ1) is 29.7. The highest BCUT2D eigenvalue weighted by Gasteiger charge is 2.21. The Bertz CT molecular complexity index is 4440. The van der Waals surface area contributed by atoms with Gasteiger partial charge in [-0.3, -0.25) is 0 Å². The van der Waals surface area contributed by atoms with Gasteiger partial charge in [-0.1, -0.05) is 200 Å². The zero-order valence-corrected chi connectivity index (χ0v) is 35.0. The summed E-state index contributed by atoms with van der Waals surface area (Å²) in [5.74, 6) is 0. The predicted octanol–water partition coefficient (Wildman–Crippen LogP) is 18.2. The van der Waals surface area contributed by atoms with Gasteiger partial charge in [0.25, 0.3) is 0 Å². The minimum Gasteiger partial charge on any atom is -0.310 e. The van der Waals surface area contributed by atoms with Gasteiger partial charge in [0.1, 0.15) is 0 Å². The van der Waals surface area contributed by atoms with E-state index >= 15 is 0 Å². The number of benzene rings is 13. The first-order valence-electron chi connectivity index (χ1n) is 25.8. The number of nitrogens with zero attached hydrogens (tertiary/aromatic N) is 1. The number of anilines is 3. The first-order valence-corrected chi connectivity index (χ1v) is 21.8. The van der Waals surface area contributed by atoms with Crippen molar-refractivity contribution in [1.29, 1.82) is 0 Å². The van der Waals surface area contributed by atoms with E-state index in [9.17, 15) is 9.60 Å². The molecule has 0 radical (unpaired) electrons. The molecule has 1 nitrogen and oxygen atoms in total. The number of rotatable bonds is 6. The lowest BCUT2D eigenvalue weighted by Crippen LogP contribution is -2.11. The monoisotopic (exact) mass is 831 g/mol. The zero-order valence-electron chi connectivity index (χ0n) is 43.0. The molecule has 0 unspecified atom stereocenters. The molecule has 0 N–H and O–H groups in total. The maximum absolute atomic E-state index is 10.1. The van der Waals surface area contributed by atoms with E-state index in [2.05, 4.69) is 54.6 Å². The lowest BCUT2D eigenvalue weighted by atomic mass is 9.91. The summed E-state index contributed by atoms with van der Waals surface area (Å²) in [4.78, 5) is 1.54. The third-order valence-corrected chi connectivity index (χ3v) is 13.0. The van der Waals surface area contributed by atoms with Crippen molar-refractivity contribution in [2.75, 3.05) is 4.90 Å². The van der Waals surface area contributed by atoms with Crippen molar-refractivity contribution < 1.29 is 11.0 Å². The fourth-order valence-corrected chi connectivity index (χ4v) is 10.0. The second kappa shape index (κ2) is 15.1. The van der Waals surface area contributed by atoms with Crippen molar-refractivity contribution in [3.63, 3.8) is 0 Å². The Labute approximate surface area is 388 Å². The predicted molar refractivity (Wildman–Crippen MR) is 280 cm³/mol. The smallest absolute Gasteiger partial charge is 0.0645 e. The van der Waals surface area contributed by atoms with Crippen LogP contribution in [0.5, 0.6) is 0 Å². The van der Waals surface area contributed by atoms with Gasteiger partial charge in [-0.05, 0) is 152 Å². The molecule has 0 bridgehead atoms. The van der Waals surface area contributed by atoms with Gasteiger partial charge in [0, 0.05) is 16.9 Å². The molecule has 0 atom stereocenters. The standard InChI is InChI=1S/C64H41N/c1-3-20-49-45(16-1)40-61(56-27-10-5-22-51(49)56)44-18-15-19-48(38-44)65(64-31-14-13-30-60(64)63-41-46-17-2-4-21-50(46)52-23-6-11-28-57(52)63)47-35-32-42(33-36-47)43-34-37-59-55-26-8-7-24-53(55)54-25-9-12-29-58(54)62(59)39-43/h1-41H/i13D,14D,30D,31D,32D,33D,35D,36D. The van der Waals surface area contributed by atoms with E-state index in [0.717, 1.165) is 86.5 Å². The highest BCUT2D eigenvalue weighted by molar-refractivity contribution is 6.26. The summed E-state index contributed by atoms with van der Waals surface area (Å²) in [6.07, 6.45) is 0. The Hall–Kier alpha value is -8.52. The Morgan fingerprint density at radius 2 is 0.738 bits per heavy atom. The lowest BCUT2D eigenvalue weighted by molar-refractivity contribution is 1.28. The molecule has 13 rings (SSSR count). The molecular formula is C64H41N. The SMILES string of the molecule is [2H]c1c([2H])c([2H])c(N(c2cccc(-c3cc4ccccc4c4ccccc34)c2)c2c([2H])c([2H])c(-c3ccc4c5ccccc5c5ccccc5c4c3)c([2H])c2[2H])c(-c2cc3ccccc3c3ccccc23)c1[2H]. The third kappa shape index (κ3) is 6.09. The second-order valence-corrected chi connectivity index (χ2v) is 16.6. The first-order chi connectivity index (χ1) is 35.6. The van der Waals surface area contributed by atoms with Crippen LogP contribution < -0.4 is 4.90 Å². The quantitative estimate of drug-likeness (QED) is 0.151. The molecule has 1 heteroatoms. The fraction of sp³-hybridized carbons (Fsp3) is 0. The van der Waals surface area contributed by atoms with Crippen LogP contribution in [0.1, 0.15) is 11.0 Å². The summed E-state index contributed by atoms with van der Waals surface area (Å²) >= 11 is 0. The number of hydrogen-bond acceptors (Lipinski definition) is 1. The average molecular weight is 832 g/mol. The Morgan fingerprint density at radius 1 is 0.262 bits per heavy atom. The van der Waals surface area contributed by atoms with Crippen LogP contribution in [0.15, 0.2) is 249 Å². The zero-order chi connectivity index (χ0) is 49.8.